The molecule has 6 heteroatoms. The Labute approximate surface area is 142 Å². The first-order valence-corrected chi connectivity index (χ1v) is 9.40. The molecule has 0 radical (unpaired) electrons. The van der Waals surface area contributed by atoms with Gasteiger partial charge in [-0.3, -0.25) is 0 Å². The van der Waals surface area contributed by atoms with Gasteiger partial charge in [0, 0.05) is 36.3 Å². The average molecular weight is 329 g/mol. The molecule has 6 nitrogen and oxygen atoms in total. The van der Waals surface area contributed by atoms with Crippen LogP contribution >= 0.6 is 0 Å². The van der Waals surface area contributed by atoms with E-state index in [1.807, 2.05) is 0 Å². The van der Waals surface area contributed by atoms with E-state index in [0.29, 0.717) is 0 Å². The molecule has 0 aromatic carbocycles. The summed E-state index contributed by atoms with van der Waals surface area (Å²) in [6.45, 7) is 0. The molecule has 1 aliphatic carbocycles. The third kappa shape index (κ3) is 10.3. The summed E-state index contributed by atoms with van der Waals surface area (Å²) in [6, 6.07) is 0.851. The van der Waals surface area contributed by atoms with Crippen molar-refractivity contribution in [2.45, 2.75) is 107 Å². The molecule has 1 aliphatic rings. The molecule has 0 aromatic rings. The predicted molar refractivity (Wildman–Crippen MR) is 98.6 cm³/mol. The summed E-state index contributed by atoms with van der Waals surface area (Å²) in [6.07, 6.45) is 10.5. The molecule has 1 fully saturated rings. The van der Waals surface area contributed by atoms with Crippen LogP contribution in [0.3, 0.4) is 0 Å². The summed E-state index contributed by atoms with van der Waals surface area (Å²) in [5, 5.41) is 0. The van der Waals surface area contributed by atoms with E-state index in [4.69, 9.17) is 34.4 Å². The van der Waals surface area contributed by atoms with Gasteiger partial charge in [-0.1, -0.05) is 12.8 Å². The minimum Gasteiger partial charge on any atom is -0.328 e. The van der Waals surface area contributed by atoms with Crippen molar-refractivity contribution >= 4 is 0 Å². The highest BCUT2D eigenvalue weighted by Gasteiger charge is 2.17. The van der Waals surface area contributed by atoms with Gasteiger partial charge in [0.05, 0.1) is 0 Å². The van der Waals surface area contributed by atoms with E-state index in [0.717, 1.165) is 70.6 Å². The fraction of sp³-hybridized carbons (Fsp3) is 1.00. The Morgan fingerprint density at radius 1 is 0.348 bits per heavy atom. The quantitative estimate of drug-likeness (QED) is 0.374. The molecule has 0 amide bonds. The maximum atomic E-state index is 6.20. The summed E-state index contributed by atoms with van der Waals surface area (Å²) >= 11 is 0. The van der Waals surface area contributed by atoms with E-state index >= 15 is 0 Å². The Kier molecular flexibility index (Phi) is 10.3. The van der Waals surface area contributed by atoms with Crippen molar-refractivity contribution < 1.29 is 0 Å². The second-order valence-electron chi connectivity index (χ2n) is 7.71. The van der Waals surface area contributed by atoms with E-state index in [9.17, 15) is 0 Å². The van der Waals surface area contributed by atoms with Crippen LogP contribution in [0.25, 0.3) is 0 Å². The molecule has 0 bridgehead atoms. The molecule has 0 heterocycles. The average Bonchev–Trinajstić information content (AvgIpc) is 2.43. The monoisotopic (exact) mass is 328 g/mol. The smallest absolute Gasteiger partial charge is 0.00682 e. The van der Waals surface area contributed by atoms with Crippen LogP contribution in [0.2, 0.25) is 0 Å². The largest absolute Gasteiger partial charge is 0.328 e. The fourth-order valence-electron chi connectivity index (χ4n) is 3.60. The van der Waals surface area contributed by atoms with Crippen molar-refractivity contribution in [2.24, 2.45) is 34.4 Å². The Morgan fingerprint density at radius 3 is 1.04 bits per heavy atom. The maximum Gasteiger partial charge on any atom is 0.00682 e. The molecule has 12 N–H and O–H groups in total. The Bertz CT molecular complexity index is 273. The van der Waals surface area contributed by atoms with E-state index in [2.05, 4.69) is 0 Å². The van der Waals surface area contributed by atoms with Crippen molar-refractivity contribution in [1.82, 2.24) is 0 Å². The molecule has 1 rings (SSSR count). The van der Waals surface area contributed by atoms with Crippen molar-refractivity contribution in [3.63, 3.8) is 0 Å². The lowest BCUT2D eigenvalue weighted by Crippen LogP contribution is -2.39. The first-order valence-electron chi connectivity index (χ1n) is 9.40. The molecule has 6 unspecified atom stereocenters. The van der Waals surface area contributed by atoms with Gasteiger partial charge in [0.15, 0.2) is 0 Å². The topological polar surface area (TPSA) is 156 Å². The van der Waals surface area contributed by atoms with E-state index < -0.39 is 0 Å². The molecule has 0 saturated heterocycles. The standard InChI is InChI=1S/C17H40N6/c18-12-3-1-5-14(20)9-16(22)11-17(23)10-15(21)6-2-4-13(19)8-7-12/h12-17H,1-11,18-23H2. The highest BCUT2D eigenvalue weighted by molar-refractivity contribution is 4.80. The Morgan fingerprint density at radius 2 is 0.652 bits per heavy atom. The molecule has 23 heavy (non-hydrogen) atoms. The fourth-order valence-corrected chi connectivity index (χ4v) is 3.60. The lowest BCUT2D eigenvalue weighted by Gasteiger charge is -2.23. The molecule has 138 valence electrons. The van der Waals surface area contributed by atoms with Crippen LogP contribution < -0.4 is 34.4 Å². The van der Waals surface area contributed by atoms with Gasteiger partial charge in [-0.05, 0) is 57.8 Å². The zero-order valence-electron chi connectivity index (χ0n) is 14.7. The SMILES string of the molecule is NC1CCCC(N)CC(N)CC(N)CC(N)CCCC(N)CC1. The van der Waals surface area contributed by atoms with Gasteiger partial charge < -0.3 is 34.4 Å². The molecule has 6 atom stereocenters. The molecular weight excluding hydrogens is 288 g/mol. The van der Waals surface area contributed by atoms with Crippen molar-refractivity contribution in [1.29, 1.82) is 0 Å². The van der Waals surface area contributed by atoms with Crippen LogP contribution in [0.15, 0.2) is 0 Å². The third-order valence-corrected chi connectivity index (χ3v) is 5.02. The second-order valence-corrected chi connectivity index (χ2v) is 7.71. The van der Waals surface area contributed by atoms with Gasteiger partial charge in [0.2, 0.25) is 0 Å². The van der Waals surface area contributed by atoms with Gasteiger partial charge in [-0.15, -0.1) is 0 Å². The minimum atomic E-state index is 0.0602. The Hall–Kier alpha value is -0.240. The van der Waals surface area contributed by atoms with Crippen LogP contribution in [-0.4, -0.2) is 36.3 Å². The number of hydrogen-bond donors (Lipinski definition) is 6. The van der Waals surface area contributed by atoms with Crippen LogP contribution in [-0.2, 0) is 0 Å². The summed E-state index contributed by atoms with van der Waals surface area (Å²) in [5.41, 5.74) is 37.1. The van der Waals surface area contributed by atoms with Gasteiger partial charge in [0.25, 0.3) is 0 Å². The van der Waals surface area contributed by atoms with E-state index in [1.54, 1.807) is 0 Å². The zero-order valence-corrected chi connectivity index (χ0v) is 14.7. The summed E-state index contributed by atoms with van der Waals surface area (Å²) in [5.74, 6) is 0. The first-order chi connectivity index (χ1) is 10.9. The first kappa shape index (κ1) is 20.8. The predicted octanol–water partition coefficient (Wildman–Crippen LogP) is 0.255. The van der Waals surface area contributed by atoms with Crippen molar-refractivity contribution in [2.75, 3.05) is 0 Å². The molecule has 0 aliphatic heterocycles. The van der Waals surface area contributed by atoms with Gasteiger partial charge in [-0.2, -0.15) is 0 Å². The summed E-state index contributed by atoms with van der Waals surface area (Å²) in [4.78, 5) is 0. The summed E-state index contributed by atoms with van der Waals surface area (Å²) < 4.78 is 0. The highest BCUT2D eigenvalue weighted by atomic mass is 14.7. The number of rotatable bonds is 0. The van der Waals surface area contributed by atoms with Crippen LogP contribution in [0.1, 0.15) is 70.6 Å². The molecular formula is C17H40N6. The Balaban J connectivity index is 2.51. The van der Waals surface area contributed by atoms with E-state index in [-0.39, 0.29) is 36.3 Å². The lowest BCUT2D eigenvalue weighted by atomic mass is 9.94. The maximum absolute atomic E-state index is 6.20. The highest BCUT2D eigenvalue weighted by Crippen LogP contribution is 2.15. The number of hydrogen-bond acceptors (Lipinski definition) is 6. The molecule has 0 aromatic heterocycles. The van der Waals surface area contributed by atoms with Crippen molar-refractivity contribution in [3.8, 4) is 0 Å². The van der Waals surface area contributed by atoms with Gasteiger partial charge in [0.1, 0.15) is 0 Å². The van der Waals surface area contributed by atoms with E-state index in [1.165, 1.54) is 0 Å². The minimum absolute atomic E-state index is 0.0602. The van der Waals surface area contributed by atoms with Gasteiger partial charge >= 0.3 is 0 Å². The molecule has 1 saturated carbocycles. The third-order valence-electron chi connectivity index (χ3n) is 5.02. The zero-order chi connectivity index (χ0) is 17.2. The second kappa shape index (κ2) is 11.3. The normalized spacial score (nSPS) is 40.4. The van der Waals surface area contributed by atoms with Crippen LogP contribution in [0.4, 0.5) is 0 Å². The van der Waals surface area contributed by atoms with Crippen LogP contribution in [0.5, 0.6) is 0 Å². The lowest BCUT2D eigenvalue weighted by molar-refractivity contribution is 0.399. The van der Waals surface area contributed by atoms with Gasteiger partial charge in [-0.25, -0.2) is 0 Å². The number of nitrogens with two attached hydrogens (primary N) is 6. The van der Waals surface area contributed by atoms with Crippen LogP contribution in [0, 0.1) is 0 Å². The molecule has 0 spiro atoms. The summed E-state index contributed by atoms with van der Waals surface area (Å²) in [7, 11) is 0. The van der Waals surface area contributed by atoms with Crippen molar-refractivity contribution in [3.05, 3.63) is 0 Å².